The first-order valence-corrected chi connectivity index (χ1v) is 9.16. The summed E-state index contributed by atoms with van der Waals surface area (Å²) in [4.78, 5) is 36.8. The van der Waals surface area contributed by atoms with Crippen LogP contribution >= 0.6 is 22.6 Å². The topological polar surface area (TPSA) is 78.9 Å². The van der Waals surface area contributed by atoms with Gasteiger partial charge in [0.15, 0.2) is 0 Å². The van der Waals surface area contributed by atoms with Crippen molar-refractivity contribution < 1.29 is 28.6 Å². The standard InChI is InChI=1S/C16H21IO6/c1-4-16(3,17)15(20)23-12-7-6-8-10(14(19)22-11(8)12)9(7)13(18)21-5-2/h7-12H,4-6H2,1-3H3. The minimum atomic E-state index is -0.624. The SMILES string of the molecule is CCOC(=O)C1C2CC3C(OC(=O)C31)C2OC(=O)C(C)(I)CC. The van der Waals surface area contributed by atoms with E-state index >= 15 is 0 Å². The molecule has 0 spiro atoms. The normalized spacial score (nSPS) is 39.7. The first-order chi connectivity index (χ1) is 10.8. The van der Waals surface area contributed by atoms with Gasteiger partial charge in [-0.3, -0.25) is 14.4 Å². The Morgan fingerprint density at radius 1 is 1.35 bits per heavy atom. The lowest BCUT2D eigenvalue weighted by molar-refractivity contribution is -0.167. The van der Waals surface area contributed by atoms with E-state index in [1.807, 2.05) is 13.8 Å². The van der Waals surface area contributed by atoms with E-state index in [9.17, 15) is 14.4 Å². The van der Waals surface area contributed by atoms with Crippen LogP contribution in [-0.2, 0) is 28.6 Å². The predicted molar refractivity (Wildman–Crippen MR) is 87.7 cm³/mol. The van der Waals surface area contributed by atoms with Crippen molar-refractivity contribution in [2.24, 2.45) is 23.7 Å². The molecular weight excluding hydrogens is 415 g/mol. The second kappa shape index (κ2) is 5.89. The van der Waals surface area contributed by atoms with E-state index in [1.54, 1.807) is 6.92 Å². The number of carbonyl (C=O) groups excluding carboxylic acids is 3. The molecule has 2 bridgehead atoms. The molecule has 0 amide bonds. The minimum Gasteiger partial charge on any atom is -0.466 e. The third-order valence-corrected chi connectivity index (χ3v) is 6.64. The quantitative estimate of drug-likeness (QED) is 0.284. The Kier molecular flexibility index (Phi) is 4.35. The van der Waals surface area contributed by atoms with Gasteiger partial charge in [-0.25, -0.2) is 0 Å². The highest BCUT2D eigenvalue weighted by Crippen LogP contribution is 2.59. The fourth-order valence-electron chi connectivity index (χ4n) is 4.10. The summed E-state index contributed by atoms with van der Waals surface area (Å²) in [6, 6.07) is 0. The highest BCUT2D eigenvalue weighted by molar-refractivity contribution is 14.1. The molecule has 7 heteroatoms. The molecule has 3 aliphatic rings. The first kappa shape index (κ1) is 17.0. The lowest BCUT2D eigenvalue weighted by atomic mass is 9.78. The van der Waals surface area contributed by atoms with Crippen molar-refractivity contribution in [3.63, 3.8) is 0 Å². The summed E-state index contributed by atoms with van der Waals surface area (Å²) in [6.45, 7) is 5.74. The van der Waals surface area contributed by atoms with Crippen LogP contribution in [-0.4, -0.2) is 40.1 Å². The van der Waals surface area contributed by atoms with Crippen LogP contribution in [0.2, 0.25) is 0 Å². The zero-order chi connectivity index (χ0) is 16.9. The molecule has 7 atom stereocenters. The van der Waals surface area contributed by atoms with Gasteiger partial charge in [-0.2, -0.15) is 0 Å². The van der Waals surface area contributed by atoms with Crippen molar-refractivity contribution in [1.29, 1.82) is 0 Å². The van der Waals surface area contributed by atoms with Crippen molar-refractivity contribution in [3.05, 3.63) is 0 Å². The van der Waals surface area contributed by atoms with Gasteiger partial charge in [0.1, 0.15) is 15.6 Å². The van der Waals surface area contributed by atoms with Gasteiger partial charge in [-0.15, -0.1) is 0 Å². The number of esters is 3. The van der Waals surface area contributed by atoms with Gasteiger partial charge in [-0.1, -0.05) is 29.5 Å². The van der Waals surface area contributed by atoms with Crippen LogP contribution in [0.15, 0.2) is 0 Å². The molecule has 2 saturated carbocycles. The molecule has 1 heterocycles. The molecule has 1 aliphatic heterocycles. The van der Waals surface area contributed by atoms with Crippen molar-refractivity contribution in [2.75, 3.05) is 6.61 Å². The van der Waals surface area contributed by atoms with Gasteiger partial charge < -0.3 is 14.2 Å². The van der Waals surface area contributed by atoms with Crippen LogP contribution < -0.4 is 0 Å². The maximum absolute atomic E-state index is 12.4. The van der Waals surface area contributed by atoms with Gasteiger partial charge in [0.05, 0.1) is 18.4 Å². The molecule has 128 valence electrons. The summed E-state index contributed by atoms with van der Waals surface area (Å²) in [5.41, 5.74) is 0. The van der Waals surface area contributed by atoms with Crippen LogP contribution in [0.4, 0.5) is 0 Å². The Labute approximate surface area is 148 Å². The van der Waals surface area contributed by atoms with Crippen LogP contribution in [0.3, 0.4) is 0 Å². The molecule has 2 aliphatic carbocycles. The fourth-order valence-corrected chi connectivity index (χ4v) is 4.23. The fraction of sp³-hybridized carbons (Fsp3) is 0.812. The summed E-state index contributed by atoms with van der Waals surface area (Å²) in [7, 11) is 0. The Hall–Kier alpha value is -0.860. The highest BCUT2D eigenvalue weighted by Gasteiger charge is 2.70. The van der Waals surface area contributed by atoms with Crippen molar-refractivity contribution in [2.45, 2.75) is 49.2 Å². The molecule has 23 heavy (non-hydrogen) atoms. The number of hydrogen-bond acceptors (Lipinski definition) is 6. The molecule has 1 saturated heterocycles. The molecule has 3 fully saturated rings. The lowest BCUT2D eigenvalue weighted by Crippen LogP contribution is -2.45. The third kappa shape index (κ3) is 2.55. The average molecular weight is 436 g/mol. The van der Waals surface area contributed by atoms with E-state index in [0.29, 0.717) is 12.8 Å². The van der Waals surface area contributed by atoms with Crippen LogP contribution in [0.25, 0.3) is 0 Å². The number of hydrogen-bond donors (Lipinski definition) is 0. The minimum absolute atomic E-state index is 0.0400. The van der Waals surface area contributed by atoms with Gasteiger partial charge >= 0.3 is 17.9 Å². The maximum atomic E-state index is 12.4. The van der Waals surface area contributed by atoms with Crippen LogP contribution in [0.5, 0.6) is 0 Å². The van der Waals surface area contributed by atoms with Gasteiger partial charge in [0.2, 0.25) is 0 Å². The lowest BCUT2D eigenvalue weighted by Gasteiger charge is -2.32. The number of rotatable bonds is 5. The maximum Gasteiger partial charge on any atom is 0.322 e. The number of ether oxygens (including phenoxy) is 3. The first-order valence-electron chi connectivity index (χ1n) is 8.09. The summed E-state index contributed by atoms with van der Waals surface area (Å²) in [5, 5.41) is 0. The van der Waals surface area contributed by atoms with E-state index in [1.165, 1.54) is 0 Å². The monoisotopic (exact) mass is 436 g/mol. The molecule has 3 rings (SSSR count). The Balaban J connectivity index is 1.82. The molecule has 0 aromatic carbocycles. The average Bonchev–Trinajstić information content (AvgIpc) is 3.10. The zero-order valence-corrected chi connectivity index (χ0v) is 15.6. The van der Waals surface area contributed by atoms with Crippen molar-refractivity contribution in [3.8, 4) is 0 Å². The second-order valence-electron chi connectivity index (χ2n) is 6.69. The molecule has 7 unspecified atom stereocenters. The van der Waals surface area contributed by atoms with E-state index in [0.717, 1.165) is 0 Å². The van der Waals surface area contributed by atoms with E-state index in [2.05, 4.69) is 22.6 Å². The smallest absolute Gasteiger partial charge is 0.322 e. The number of carbonyl (C=O) groups is 3. The largest absolute Gasteiger partial charge is 0.466 e. The van der Waals surface area contributed by atoms with Crippen LogP contribution in [0.1, 0.15) is 33.6 Å². The van der Waals surface area contributed by atoms with Crippen molar-refractivity contribution >= 4 is 40.5 Å². The number of halogens is 1. The van der Waals surface area contributed by atoms with Gasteiger partial charge in [0.25, 0.3) is 0 Å². The van der Waals surface area contributed by atoms with Crippen molar-refractivity contribution in [1.82, 2.24) is 0 Å². The van der Waals surface area contributed by atoms with Gasteiger partial charge in [0, 0.05) is 11.8 Å². The van der Waals surface area contributed by atoms with E-state index < -0.39 is 27.5 Å². The molecule has 0 N–H and O–H groups in total. The summed E-state index contributed by atoms with van der Waals surface area (Å²) >= 11 is 2.07. The molecule has 0 radical (unpaired) electrons. The molecular formula is C16H21IO6. The third-order valence-electron chi connectivity index (χ3n) is 5.44. The molecule has 0 aromatic rings. The van der Waals surface area contributed by atoms with Gasteiger partial charge in [-0.05, 0) is 26.7 Å². The highest BCUT2D eigenvalue weighted by atomic mass is 127. The summed E-state index contributed by atoms with van der Waals surface area (Å²) < 4.78 is 15.6. The molecule has 0 aromatic heterocycles. The second-order valence-corrected chi connectivity index (χ2v) is 9.07. The summed E-state index contributed by atoms with van der Waals surface area (Å²) in [5.74, 6) is -2.26. The number of fused-ring (bicyclic) bond motifs is 1. The predicted octanol–water partition coefficient (Wildman–Crippen LogP) is 1.87. The van der Waals surface area contributed by atoms with Crippen LogP contribution in [0, 0.1) is 23.7 Å². The number of alkyl halides is 1. The van der Waals surface area contributed by atoms with E-state index in [4.69, 9.17) is 14.2 Å². The Bertz CT molecular complexity index is 545. The zero-order valence-electron chi connectivity index (χ0n) is 13.4. The molecule has 6 nitrogen and oxygen atoms in total. The summed E-state index contributed by atoms with van der Waals surface area (Å²) in [6.07, 6.45) is 0.371. The van der Waals surface area contributed by atoms with E-state index in [-0.39, 0.29) is 36.4 Å². The Morgan fingerprint density at radius 3 is 2.65 bits per heavy atom. The Morgan fingerprint density at radius 2 is 2.04 bits per heavy atom.